The summed E-state index contributed by atoms with van der Waals surface area (Å²) in [7, 11) is 1.84. The molecule has 0 heterocycles. The van der Waals surface area contributed by atoms with Gasteiger partial charge in [-0.25, -0.2) is 0 Å². The van der Waals surface area contributed by atoms with Gasteiger partial charge in [0.05, 0.1) is 6.10 Å². The first-order chi connectivity index (χ1) is 9.52. The molecule has 20 heavy (non-hydrogen) atoms. The maximum atomic E-state index is 10.1. The first-order valence-electron chi connectivity index (χ1n) is 7.21. The standard InChI is InChI=1S/C10H15NO.C6H13NO/c1-8(11-2)10(12)9-6-4-3-5-7-9;1-2-3-4-5-6(7)8/h3-8,10-12H,1-2H3;2-5H2,1H3,(H2,7,8). The van der Waals surface area contributed by atoms with Crippen molar-refractivity contribution >= 4 is 5.91 Å². The molecule has 1 amide bonds. The zero-order valence-corrected chi connectivity index (χ0v) is 12.8. The molecule has 2 atom stereocenters. The maximum Gasteiger partial charge on any atom is 0.217 e. The molecular formula is C16H28N2O2. The van der Waals surface area contributed by atoms with Crippen molar-refractivity contribution in [1.29, 1.82) is 0 Å². The number of carbonyl (C=O) groups is 1. The van der Waals surface area contributed by atoms with Crippen molar-refractivity contribution in [2.24, 2.45) is 5.73 Å². The first-order valence-corrected chi connectivity index (χ1v) is 7.21. The number of hydrogen-bond donors (Lipinski definition) is 3. The molecule has 2 unspecified atom stereocenters. The number of benzene rings is 1. The smallest absolute Gasteiger partial charge is 0.217 e. The minimum Gasteiger partial charge on any atom is -0.387 e. The Labute approximate surface area is 122 Å². The summed E-state index contributed by atoms with van der Waals surface area (Å²) in [4.78, 5) is 10.1. The highest BCUT2D eigenvalue weighted by Gasteiger charge is 2.12. The molecule has 1 aromatic carbocycles. The van der Waals surface area contributed by atoms with Crippen LogP contribution in [-0.2, 0) is 4.79 Å². The molecule has 0 saturated carbocycles. The van der Waals surface area contributed by atoms with Crippen molar-refractivity contribution in [3.8, 4) is 0 Å². The van der Waals surface area contributed by atoms with Crippen molar-refractivity contribution in [3.05, 3.63) is 35.9 Å². The van der Waals surface area contributed by atoms with Gasteiger partial charge in [0.2, 0.25) is 5.91 Å². The molecule has 0 radical (unpaired) electrons. The van der Waals surface area contributed by atoms with Crippen LogP contribution in [0.2, 0.25) is 0 Å². The van der Waals surface area contributed by atoms with E-state index < -0.39 is 6.10 Å². The van der Waals surface area contributed by atoms with E-state index in [2.05, 4.69) is 12.2 Å². The molecule has 0 fully saturated rings. The molecule has 4 heteroatoms. The van der Waals surface area contributed by atoms with Crippen molar-refractivity contribution in [1.82, 2.24) is 5.32 Å². The fourth-order valence-corrected chi connectivity index (χ4v) is 1.65. The lowest BCUT2D eigenvalue weighted by atomic mass is 10.0. The molecule has 0 aromatic heterocycles. The molecule has 4 nitrogen and oxygen atoms in total. The molecule has 0 spiro atoms. The van der Waals surface area contributed by atoms with E-state index in [1.54, 1.807) is 0 Å². The van der Waals surface area contributed by atoms with Crippen LogP contribution >= 0.6 is 0 Å². The quantitative estimate of drug-likeness (QED) is 0.671. The fraction of sp³-hybridized carbons (Fsp3) is 0.562. The zero-order valence-electron chi connectivity index (χ0n) is 12.8. The van der Waals surface area contributed by atoms with Gasteiger partial charge < -0.3 is 16.2 Å². The molecule has 1 aromatic rings. The maximum absolute atomic E-state index is 10.1. The van der Waals surface area contributed by atoms with Gasteiger partial charge >= 0.3 is 0 Å². The van der Waals surface area contributed by atoms with E-state index >= 15 is 0 Å². The van der Waals surface area contributed by atoms with Crippen LogP contribution in [-0.4, -0.2) is 24.1 Å². The topological polar surface area (TPSA) is 75.4 Å². The number of primary amides is 1. The Hall–Kier alpha value is -1.39. The third-order valence-electron chi connectivity index (χ3n) is 3.10. The van der Waals surface area contributed by atoms with E-state index in [0.717, 1.165) is 24.8 Å². The first kappa shape index (κ1) is 18.6. The normalized spacial score (nSPS) is 13.0. The second-order valence-electron chi connectivity index (χ2n) is 4.86. The summed E-state index contributed by atoms with van der Waals surface area (Å²) in [6, 6.07) is 9.76. The second-order valence-corrected chi connectivity index (χ2v) is 4.86. The van der Waals surface area contributed by atoms with Crippen LogP contribution in [0.4, 0.5) is 0 Å². The van der Waals surface area contributed by atoms with Crippen molar-refractivity contribution in [3.63, 3.8) is 0 Å². The van der Waals surface area contributed by atoms with Crippen LogP contribution in [0, 0.1) is 0 Å². The van der Waals surface area contributed by atoms with Gasteiger partial charge in [-0.05, 0) is 26.0 Å². The lowest BCUT2D eigenvalue weighted by Crippen LogP contribution is -2.28. The third-order valence-corrected chi connectivity index (χ3v) is 3.10. The number of rotatable bonds is 7. The lowest BCUT2D eigenvalue weighted by molar-refractivity contribution is -0.118. The van der Waals surface area contributed by atoms with Gasteiger partial charge in [0.25, 0.3) is 0 Å². The molecule has 0 bridgehead atoms. The predicted molar refractivity (Wildman–Crippen MR) is 83.3 cm³/mol. The highest BCUT2D eigenvalue weighted by atomic mass is 16.3. The van der Waals surface area contributed by atoms with Crippen molar-refractivity contribution in [2.45, 2.75) is 51.7 Å². The van der Waals surface area contributed by atoms with Crippen LogP contribution < -0.4 is 11.1 Å². The van der Waals surface area contributed by atoms with E-state index in [4.69, 9.17) is 5.73 Å². The molecule has 0 aliphatic heterocycles. The van der Waals surface area contributed by atoms with Crippen molar-refractivity contribution in [2.75, 3.05) is 7.05 Å². The van der Waals surface area contributed by atoms with Crippen LogP contribution in [0.3, 0.4) is 0 Å². The number of hydrogen-bond acceptors (Lipinski definition) is 3. The summed E-state index contributed by atoms with van der Waals surface area (Å²) in [6.45, 7) is 4.05. The Morgan fingerprint density at radius 1 is 1.30 bits per heavy atom. The molecule has 0 aliphatic carbocycles. The van der Waals surface area contributed by atoms with Crippen LogP contribution in [0.25, 0.3) is 0 Å². The Morgan fingerprint density at radius 2 is 1.90 bits per heavy atom. The minimum absolute atomic E-state index is 0.0902. The number of unbranched alkanes of at least 4 members (excludes halogenated alkanes) is 2. The van der Waals surface area contributed by atoms with E-state index in [-0.39, 0.29) is 11.9 Å². The highest BCUT2D eigenvalue weighted by molar-refractivity contribution is 5.73. The number of aliphatic hydroxyl groups is 1. The number of aliphatic hydroxyl groups excluding tert-OH is 1. The summed E-state index contributed by atoms with van der Waals surface area (Å²) < 4.78 is 0. The Bertz CT molecular complexity index is 355. The molecule has 1 rings (SSSR count). The summed E-state index contributed by atoms with van der Waals surface area (Å²) in [6.07, 6.45) is 3.34. The highest BCUT2D eigenvalue weighted by Crippen LogP contribution is 2.15. The second kappa shape index (κ2) is 11.4. The van der Waals surface area contributed by atoms with Crippen LogP contribution in [0.1, 0.15) is 51.2 Å². The van der Waals surface area contributed by atoms with Gasteiger partial charge in [0, 0.05) is 12.5 Å². The van der Waals surface area contributed by atoms with E-state index in [0.29, 0.717) is 6.42 Å². The van der Waals surface area contributed by atoms with Crippen molar-refractivity contribution < 1.29 is 9.90 Å². The van der Waals surface area contributed by atoms with Crippen LogP contribution in [0.15, 0.2) is 30.3 Å². The predicted octanol–water partition coefficient (Wildman–Crippen LogP) is 2.38. The van der Waals surface area contributed by atoms with Gasteiger partial charge in [-0.15, -0.1) is 0 Å². The Morgan fingerprint density at radius 3 is 2.35 bits per heavy atom. The van der Waals surface area contributed by atoms with Gasteiger partial charge in [0.1, 0.15) is 0 Å². The average molecular weight is 280 g/mol. The van der Waals surface area contributed by atoms with E-state index in [1.165, 1.54) is 0 Å². The molecule has 0 saturated heterocycles. The van der Waals surface area contributed by atoms with Gasteiger partial charge in [-0.1, -0.05) is 50.1 Å². The average Bonchev–Trinajstić information content (AvgIpc) is 2.47. The third kappa shape index (κ3) is 8.67. The van der Waals surface area contributed by atoms with E-state index in [1.807, 2.05) is 44.3 Å². The number of amides is 1. The number of carbonyl (C=O) groups excluding carboxylic acids is 1. The molecular weight excluding hydrogens is 252 g/mol. The Balaban J connectivity index is 0.000000396. The van der Waals surface area contributed by atoms with E-state index in [9.17, 15) is 9.90 Å². The fourth-order valence-electron chi connectivity index (χ4n) is 1.65. The monoisotopic (exact) mass is 280 g/mol. The lowest BCUT2D eigenvalue weighted by Gasteiger charge is -2.17. The number of nitrogens with one attached hydrogen (secondary N) is 1. The SMILES string of the molecule is CCCCCC(N)=O.CNC(C)C(O)c1ccccc1. The van der Waals surface area contributed by atoms with Gasteiger partial charge in [-0.2, -0.15) is 0 Å². The summed E-state index contributed by atoms with van der Waals surface area (Å²) in [5, 5.41) is 12.7. The summed E-state index contributed by atoms with van der Waals surface area (Å²) >= 11 is 0. The number of nitrogens with two attached hydrogens (primary N) is 1. The largest absolute Gasteiger partial charge is 0.387 e. The summed E-state index contributed by atoms with van der Waals surface area (Å²) in [5.41, 5.74) is 5.85. The van der Waals surface area contributed by atoms with Gasteiger partial charge in [0.15, 0.2) is 0 Å². The number of likely N-dealkylation sites (N-methyl/N-ethyl adjacent to an activating group) is 1. The Kier molecular flexibility index (Phi) is 10.6. The summed E-state index contributed by atoms with van der Waals surface area (Å²) in [5.74, 6) is -0.182. The zero-order chi connectivity index (χ0) is 15.4. The van der Waals surface area contributed by atoms with Gasteiger partial charge in [-0.3, -0.25) is 4.79 Å². The minimum atomic E-state index is -0.420. The van der Waals surface area contributed by atoms with Crippen LogP contribution in [0.5, 0.6) is 0 Å². The molecule has 114 valence electrons. The molecule has 4 N–H and O–H groups in total. The molecule has 0 aliphatic rings.